The fraction of sp³-hybridized carbons (Fsp3) is 0.125. The number of carboxylic acids is 1. The van der Waals surface area contributed by atoms with Crippen LogP contribution in [0.1, 0.15) is 10.5 Å². The van der Waals surface area contributed by atoms with E-state index in [1.165, 1.54) is 22.1 Å². The highest BCUT2D eigenvalue weighted by atomic mass is 79.9. The highest BCUT2D eigenvalue weighted by molar-refractivity contribution is 9.11. The monoisotopic (exact) mass is 287 g/mol. The Balaban J connectivity index is 2.46. The molecule has 0 saturated carbocycles. The zero-order chi connectivity index (χ0) is 11.0. The van der Waals surface area contributed by atoms with Crippen LogP contribution in [0.4, 0.5) is 0 Å². The Labute approximate surface area is 97.5 Å². The lowest BCUT2D eigenvalue weighted by Crippen LogP contribution is -2.04. The first-order chi connectivity index (χ1) is 7.08. The molecule has 0 amide bonds. The Morgan fingerprint density at radius 1 is 1.60 bits per heavy atom. The predicted molar refractivity (Wildman–Crippen MR) is 59.0 cm³/mol. The van der Waals surface area contributed by atoms with Crippen molar-refractivity contribution in [1.29, 1.82) is 0 Å². The van der Waals surface area contributed by atoms with Crippen molar-refractivity contribution in [3.8, 4) is 11.4 Å². The van der Waals surface area contributed by atoms with Gasteiger partial charge < -0.3 is 5.11 Å². The van der Waals surface area contributed by atoms with Crippen LogP contribution >= 0.6 is 27.3 Å². The Hall–Kier alpha value is -1.21. The van der Waals surface area contributed by atoms with Crippen molar-refractivity contribution in [2.45, 2.75) is 0 Å². The standard InChI is InChI=1S/C8H6BrN3O2S/c1-12-6(7(13)14)2-4(11-12)5-3-15-8(9)10-5/h2-3H,1H3,(H,13,14). The molecule has 2 aromatic rings. The topological polar surface area (TPSA) is 68.0 Å². The van der Waals surface area contributed by atoms with Crippen molar-refractivity contribution in [1.82, 2.24) is 14.8 Å². The molecular formula is C8H6BrN3O2S. The summed E-state index contributed by atoms with van der Waals surface area (Å²) in [5.74, 6) is -0.995. The van der Waals surface area contributed by atoms with Gasteiger partial charge in [-0.15, -0.1) is 11.3 Å². The van der Waals surface area contributed by atoms with Crippen molar-refractivity contribution in [2.24, 2.45) is 7.05 Å². The van der Waals surface area contributed by atoms with E-state index in [9.17, 15) is 4.79 Å². The smallest absolute Gasteiger partial charge is 0.354 e. The van der Waals surface area contributed by atoms with Gasteiger partial charge in [-0.25, -0.2) is 9.78 Å². The van der Waals surface area contributed by atoms with Crippen molar-refractivity contribution in [3.63, 3.8) is 0 Å². The van der Waals surface area contributed by atoms with Gasteiger partial charge in [-0.1, -0.05) is 0 Å². The van der Waals surface area contributed by atoms with Crippen molar-refractivity contribution in [3.05, 3.63) is 21.1 Å². The number of halogens is 1. The van der Waals surface area contributed by atoms with E-state index in [0.29, 0.717) is 11.4 Å². The number of hydrogen-bond acceptors (Lipinski definition) is 4. The summed E-state index contributed by atoms with van der Waals surface area (Å²) in [6.45, 7) is 0. The fourth-order valence-corrected chi connectivity index (χ4v) is 2.17. The molecule has 1 N–H and O–H groups in total. The van der Waals surface area contributed by atoms with Crippen LogP contribution in [0.5, 0.6) is 0 Å². The van der Waals surface area contributed by atoms with Crippen LogP contribution in [0, 0.1) is 0 Å². The van der Waals surface area contributed by atoms with E-state index < -0.39 is 5.97 Å². The van der Waals surface area contributed by atoms with Crippen molar-refractivity contribution < 1.29 is 9.90 Å². The summed E-state index contributed by atoms with van der Waals surface area (Å²) in [4.78, 5) is 14.9. The van der Waals surface area contributed by atoms with E-state index in [2.05, 4.69) is 26.0 Å². The molecule has 2 heterocycles. The number of carboxylic acid groups (broad SMARTS) is 1. The molecule has 0 atom stereocenters. The van der Waals surface area contributed by atoms with E-state index in [4.69, 9.17) is 5.11 Å². The largest absolute Gasteiger partial charge is 0.477 e. The SMILES string of the molecule is Cn1nc(-c2csc(Br)n2)cc1C(=O)O. The molecule has 2 rings (SSSR count). The molecule has 5 nitrogen and oxygen atoms in total. The first-order valence-electron chi connectivity index (χ1n) is 3.96. The van der Waals surface area contributed by atoms with Gasteiger partial charge in [-0.05, 0) is 15.9 Å². The van der Waals surface area contributed by atoms with Gasteiger partial charge in [-0.2, -0.15) is 5.10 Å². The number of aromatic nitrogens is 3. The van der Waals surface area contributed by atoms with Crippen LogP contribution in [0.3, 0.4) is 0 Å². The molecular weight excluding hydrogens is 282 g/mol. The van der Waals surface area contributed by atoms with Gasteiger partial charge >= 0.3 is 5.97 Å². The summed E-state index contributed by atoms with van der Waals surface area (Å²) in [5, 5.41) is 14.7. The van der Waals surface area contributed by atoms with Gasteiger partial charge in [-0.3, -0.25) is 4.68 Å². The Bertz CT molecular complexity index is 520. The number of nitrogens with zero attached hydrogens (tertiary/aromatic N) is 3. The highest BCUT2D eigenvalue weighted by Crippen LogP contribution is 2.24. The zero-order valence-electron chi connectivity index (χ0n) is 7.64. The number of carbonyl (C=O) groups is 1. The molecule has 0 aliphatic rings. The van der Waals surface area contributed by atoms with Gasteiger partial charge in [0, 0.05) is 18.5 Å². The Kier molecular flexibility index (Phi) is 2.57. The fourth-order valence-electron chi connectivity index (χ4n) is 1.16. The lowest BCUT2D eigenvalue weighted by Gasteiger charge is -1.91. The normalized spacial score (nSPS) is 10.5. The minimum absolute atomic E-state index is 0.147. The van der Waals surface area contributed by atoms with Crippen molar-refractivity contribution in [2.75, 3.05) is 0 Å². The summed E-state index contributed by atoms with van der Waals surface area (Å²) in [7, 11) is 1.59. The summed E-state index contributed by atoms with van der Waals surface area (Å²) in [5.41, 5.74) is 1.39. The lowest BCUT2D eigenvalue weighted by atomic mass is 10.3. The summed E-state index contributed by atoms with van der Waals surface area (Å²) in [6, 6.07) is 1.50. The number of hydrogen-bond donors (Lipinski definition) is 1. The average molecular weight is 288 g/mol. The van der Waals surface area contributed by atoms with Gasteiger partial charge in [0.05, 0.1) is 0 Å². The number of aryl methyl sites for hydroxylation is 1. The lowest BCUT2D eigenvalue weighted by molar-refractivity contribution is 0.0685. The van der Waals surface area contributed by atoms with Crippen LogP contribution in [0.25, 0.3) is 11.4 Å². The average Bonchev–Trinajstić information content (AvgIpc) is 2.71. The predicted octanol–water partition coefficient (Wildman–Crippen LogP) is 2.00. The third kappa shape index (κ3) is 1.93. The molecule has 2 aromatic heterocycles. The minimum atomic E-state index is -0.995. The van der Waals surface area contributed by atoms with Gasteiger partial charge in [0.1, 0.15) is 17.1 Å². The molecule has 0 spiro atoms. The number of aromatic carboxylic acids is 1. The quantitative estimate of drug-likeness (QED) is 0.917. The molecule has 0 unspecified atom stereocenters. The van der Waals surface area contributed by atoms with E-state index in [1.807, 2.05) is 5.38 Å². The zero-order valence-corrected chi connectivity index (χ0v) is 10.0. The third-order valence-corrected chi connectivity index (χ3v) is 3.20. The summed E-state index contributed by atoms with van der Waals surface area (Å²) in [6.07, 6.45) is 0. The molecule has 0 fully saturated rings. The van der Waals surface area contributed by atoms with Crippen LogP contribution < -0.4 is 0 Å². The van der Waals surface area contributed by atoms with Crippen LogP contribution in [0.15, 0.2) is 15.4 Å². The minimum Gasteiger partial charge on any atom is -0.477 e. The maximum absolute atomic E-state index is 10.8. The Morgan fingerprint density at radius 3 is 2.80 bits per heavy atom. The molecule has 0 aliphatic carbocycles. The molecule has 15 heavy (non-hydrogen) atoms. The second kappa shape index (κ2) is 3.74. The number of rotatable bonds is 2. The second-order valence-corrected chi connectivity index (χ2v) is 4.96. The maximum Gasteiger partial charge on any atom is 0.354 e. The van der Waals surface area contributed by atoms with E-state index in [1.54, 1.807) is 7.05 Å². The Morgan fingerprint density at radius 2 is 2.33 bits per heavy atom. The first-order valence-corrected chi connectivity index (χ1v) is 5.64. The van der Waals surface area contributed by atoms with Crippen LogP contribution in [0.2, 0.25) is 0 Å². The van der Waals surface area contributed by atoms with Crippen molar-refractivity contribution >= 4 is 33.2 Å². The second-order valence-electron chi connectivity index (χ2n) is 2.83. The molecule has 0 radical (unpaired) electrons. The highest BCUT2D eigenvalue weighted by Gasteiger charge is 2.14. The molecule has 0 aliphatic heterocycles. The van der Waals surface area contributed by atoms with Crippen LogP contribution in [-0.2, 0) is 7.05 Å². The first kappa shape index (κ1) is 10.3. The van der Waals surface area contributed by atoms with E-state index in [-0.39, 0.29) is 5.69 Å². The van der Waals surface area contributed by atoms with Crippen LogP contribution in [-0.4, -0.2) is 25.8 Å². The summed E-state index contributed by atoms with van der Waals surface area (Å²) < 4.78 is 2.07. The summed E-state index contributed by atoms with van der Waals surface area (Å²) >= 11 is 4.67. The van der Waals surface area contributed by atoms with Gasteiger partial charge in [0.25, 0.3) is 0 Å². The van der Waals surface area contributed by atoms with Gasteiger partial charge in [0.15, 0.2) is 3.92 Å². The van der Waals surface area contributed by atoms with Gasteiger partial charge in [0.2, 0.25) is 0 Å². The van der Waals surface area contributed by atoms with E-state index in [0.717, 1.165) is 3.92 Å². The molecule has 0 saturated heterocycles. The third-order valence-electron chi connectivity index (χ3n) is 1.84. The maximum atomic E-state index is 10.8. The van der Waals surface area contributed by atoms with E-state index >= 15 is 0 Å². The molecule has 0 bridgehead atoms. The molecule has 78 valence electrons. The molecule has 0 aromatic carbocycles. The number of thiazole rings is 1. The molecule has 7 heteroatoms.